The average Bonchev–Trinajstić information content (AvgIpc) is 2.55. The number of hydrogen-bond donors (Lipinski definition) is 0. The summed E-state index contributed by atoms with van der Waals surface area (Å²) in [5.41, 5.74) is 0.393. The molecule has 2 rings (SSSR count). The second-order valence-electron chi connectivity index (χ2n) is 4.87. The van der Waals surface area contributed by atoms with E-state index in [4.69, 9.17) is 21.1 Å². The summed E-state index contributed by atoms with van der Waals surface area (Å²) in [5.74, 6) is 0.475. The molecule has 2 aromatic rings. The molecular formula is C17H17ClFNO3. The second-order valence-corrected chi connectivity index (χ2v) is 5.31. The zero-order valence-electron chi connectivity index (χ0n) is 12.9. The molecule has 4 nitrogen and oxygen atoms in total. The number of nitrogens with zero attached hydrogens (tertiary/aromatic N) is 1. The molecule has 0 aliphatic carbocycles. The monoisotopic (exact) mass is 337 g/mol. The van der Waals surface area contributed by atoms with Crippen LogP contribution in [-0.2, 0) is 0 Å². The highest BCUT2D eigenvalue weighted by atomic mass is 35.5. The lowest BCUT2D eigenvalue weighted by Gasteiger charge is -2.19. The molecule has 0 unspecified atom stereocenters. The third-order valence-corrected chi connectivity index (χ3v) is 3.48. The summed E-state index contributed by atoms with van der Waals surface area (Å²) in [6.45, 7) is 0.655. The van der Waals surface area contributed by atoms with Crippen molar-refractivity contribution >= 4 is 17.5 Å². The Labute approximate surface area is 139 Å². The number of halogens is 2. The van der Waals surface area contributed by atoms with E-state index in [1.165, 1.54) is 36.3 Å². The van der Waals surface area contributed by atoms with Gasteiger partial charge >= 0.3 is 0 Å². The Morgan fingerprint density at radius 1 is 1.22 bits per heavy atom. The van der Waals surface area contributed by atoms with Crippen molar-refractivity contribution in [2.45, 2.75) is 0 Å². The van der Waals surface area contributed by atoms with E-state index < -0.39 is 0 Å². The van der Waals surface area contributed by atoms with Gasteiger partial charge in [0, 0.05) is 12.1 Å². The molecule has 1 amide bonds. The summed E-state index contributed by atoms with van der Waals surface area (Å²) in [4.78, 5) is 14.0. The van der Waals surface area contributed by atoms with Crippen molar-refractivity contribution in [3.8, 4) is 11.5 Å². The first-order chi connectivity index (χ1) is 11.0. The molecule has 122 valence electrons. The van der Waals surface area contributed by atoms with Crippen molar-refractivity contribution < 1.29 is 18.7 Å². The number of benzene rings is 2. The van der Waals surface area contributed by atoms with Gasteiger partial charge in [0.1, 0.15) is 23.9 Å². The Balaban J connectivity index is 1.95. The van der Waals surface area contributed by atoms with E-state index in [0.717, 1.165) is 0 Å². The summed E-state index contributed by atoms with van der Waals surface area (Å²) in [6.07, 6.45) is 0. The Hall–Kier alpha value is -2.27. The van der Waals surface area contributed by atoms with E-state index in [-0.39, 0.29) is 18.3 Å². The largest absolute Gasteiger partial charge is 0.496 e. The summed E-state index contributed by atoms with van der Waals surface area (Å²) in [7, 11) is 3.16. The highest BCUT2D eigenvalue weighted by molar-refractivity contribution is 6.31. The van der Waals surface area contributed by atoms with Crippen LogP contribution in [0, 0.1) is 5.82 Å². The van der Waals surface area contributed by atoms with Crippen LogP contribution in [0.3, 0.4) is 0 Å². The molecule has 6 heteroatoms. The molecule has 23 heavy (non-hydrogen) atoms. The summed E-state index contributed by atoms with van der Waals surface area (Å²) in [6, 6.07) is 10.6. The van der Waals surface area contributed by atoms with Crippen molar-refractivity contribution in [2.75, 3.05) is 27.3 Å². The van der Waals surface area contributed by atoms with Crippen molar-refractivity contribution in [3.63, 3.8) is 0 Å². The van der Waals surface area contributed by atoms with Crippen LogP contribution in [0.5, 0.6) is 11.5 Å². The van der Waals surface area contributed by atoms with Crippen molar-refractivity contribution in [2.24, 2.45) is 0 Å². The van der Waals surface area contributed by atoms with Crippen LogP contribution in [-0.4, -0.2) is 38.1 Å². The van der Waals surface area contributed by atoms with E-state index in [2.05, 4.69) is 0 Å². The molecule has 0 aliphatic heterocycles. The predicted octanol–water partition coefficient (Wildman–Crippen LogP) is 3.64. The minimum absolute atomic E-state index is 0.216. The van der Waals surface area contributed by atoms with E-state index in [0.29, 0.717) is 28.6 Å². The van der Waals surface area contributed by atoms with Crippen LogP contribution in [0.15, 0.2) is 42.5 Å². The van der Waals surface area contributed by atoms with Gasteiger partial charge in [-0.15, -0.1) is 0 Å². The van der Waals surface area contributed by atoms with Crippen LogP contribution in [0.1, 0.15) is 10.4 Å². The van der Waals surface area contributed by atoms with Gasteiger partial charge in [0.05, 0.1) is 19.2 Å². The SMILES string of the molecule is COc1ccc(Cl)cc1C(=O)N(C)CCOc1ccc(F)cc1. The Morgan fingerprint density at radius 3 is 2.57 bits per heavy atom. The van der Waals surface area contributed by atoms with Gasteiger partial charge in [-0.05, 0) is 42.5 Å². The van der Waals surface area contributed by atoms with Gasteiger partial charge in [0.2, 0.25) is 0 Å². The van der Waals surface area contributed by atoms with Gasteiger partial charge in [-0.2, -0.15) is 0 Å². The van der Waals surface area contributed by atoms with Crippen LogP contribution in [0.2, 0.25) is 5.02 Å². The smallest absolute Gasteiger partial charge is 0.257 e. The van der Waals surface area contributed by atoms with Crippen molar-refractivity contribution in [3.05, 3.63) is 58.9 Å². The maximum atomic E-state index is 12.8. The summed E-state index contributed by atoms with van der Waals surface area (Å²) in [5, 5.41) is 0.463. The number of likely N-dealkylation sites (N-methyl/N-ethyl adjacent to an activating group) is 1. The van der Waals surface area contributed by atoms with Crippen molar-refractivity contribution in [1.29, 1.82) is 0 Å². The molecule has 0 bridgehead atoms. The van der Waals surface area contributed by atoms with Gasteiger partial charge < -0.3 is 14.4 Å². The third-order valence-electron chi connectivity index (χ3n) is 3.25. The standard InChI is InChI=1S/C17H17ClFNO3/c1-20(9-10-23-14-6-4-13(19)5-7-14)17(21)15-11-12(18)3-8-16(15)22-2/h3-8,11H,9-10H2,1-2H3. The molecule has 0 fully saturated rings. The Kier molecular flexibility index (Phi) is 5.82. The lowest BCUT2D eigenvalue weighted by Crippen LogP contribution is -2.31. The first-order valence-electron chi connectivity index (χ1n) is 6.98. The summed E-state index contributed by atoms with van der Waals surface area (Å²) >= 11 is 5.94. The van der Waals surface area contributed by atoms with Crippen molar-refractivity contribution in [1.82, 2.24) is 4.90 Å². The quantitative estimate of drug-likeness (QED) is 0.807. The molecule has 0 spiro atoms. The fourth-order valence-corrected chi connectivity index (χ4v) is 2.16. The molecule has 0 N–H and O–H groups in total. The van der Waals surface area contributed by atoms with Crippen LogP contribution >= 0.6 is 11.6 Å². The number of rotatable bonds is 6. The number of ether oxygens (including phenoxy) is 2. The van der Waals surface area contributed by atoms with Crippen LogP contribution in [0.4, 0.5) is 4.39 Å². The lowest BCUT2D eigenvalue weighted by atomic mass is 10.1. The molecular weight excluding hydrogens is 321 g/mol. The first-order valence-corrected chi connectivity index (χ1v) is 7.36. The first kappa shape index (κ1) is 17.1. The van der Waals surface area contributed by atoms with Gasteiger partial charge in [-0.1, -0.05) is 11.6 Å². The zero-order chi connectivity index (χ0) is 16.8. The van der Waals surface area contributed by atoms with Gasteiger partial charge in [-0.3, -0.25) is 4.79 Å². The maximum absolute atomic E-state index is 12.8. The highest BCUT2D eigenvalue weighted by Gasteiger charge is 2.17. The van der Waals surface area contributed by atoms with E-state index in [1.807, 2.05) is 0 Å². The molecule has 0 saturated heterocycles. The van der Waals surface area contributed by atoms with Gasteiger partial charge in [0.15, 0.2) is 0 Å². The van der Waals surface area contributed by atoms with E-state index >= 15 is 0 Å². The highest BCUT2D eigenvalue weighted by Crippen LogP contribution is 2.23. The Morgan fingerprint density at radius 2 is 1.91 bits per heavy atom. The van der Waals surface area contributed by atoms with Crippen LogP contribution < -0.4 is 9.47 Å². The molecule has 0 radical (unpaired) electrons. The second kappa shape index (κ2) is 7.83. The van der Waals surface area contributed by atoms with E-state index in [9.17, 15) is 9.18 Å². The topological polar surface area (TPSA) is 38.8 Å². The molecule has 0 aromatic heterocycles. The Bertz CT molecular complexity index is 676. The van der Waals surface area contributed by atoms with E-state index in [1.54, 1.807) is 25.2 Å². The molecule has 2 aromatic carbocycles. The van der Waals surface area contributed by atoms with Gasteiger partial charge in [-0.25, -0.2) is 4.39 Å². The average molecular weight is 338 g/mol. The minimum atomic E-state index is -0.322. The normalized spacial score (nSPS) is 10.3. The number of carbonyl (C=O) groups excluding carboxylic acids is 1. The molecule has 0 saturated carbocycles. The number of hydrogen-bond acceptors (Lipinski definition) is 3. The minimum Gasteiger partial charge on any atom is -0.496 e. The zero-order valence-corrected chi connectivity index (χ0v) is 13.6. The summed E-state index contributed by atoms with van der Waals surface area (Å²) < 4.78 is 23.5. The fourth-order valence-electron chi connectivity index (χ4n) is 1.99. The molecule has 0 aliphatic rings. The molecule has 0 atom stereocenters. The third kappa shape index (κ3) is 4.60. The number of amides is 1. The predicted molar refractivity (Wildman–Crippen MR) is 86.9 cm³/mol. The number of carbonyl (C=O) groups is 1. The van der Waals surface area contributed by atoms with Crippen LogP contribution in [0.25, 0.3) is 0 Å². The molecule has 0 heterocycles. The van der Waals surface area contributed by atoms with Gasteiger partial charge in [0.25, 0.3) is 5.91 Å². The maximum Gasteiger partial charge on any atom is 0.257 e. The lowest BCUT2D eigenvalue weighted by molar-refractivity contribution is 0.0770. The number of methoxy groups -OCH3 is 1. The fraction of sp³-hybridized carbons (Fsp3) is 0.235.